The maximum Gasteiger partial charge on any atom is 0.416 e. The molecule has 0 fully saturated rings. The normalized spacial score (nSPS) is 12.4. The highest BCUT2D eigenvalue weighted by molar-refractivity contribution is 5.75. The molecule has 1 N–H and O–H groups in total. The Hall–Kier alpha value is -3.49. The molecule has 0 aliphatic carbocycles. The van der Waals surface area contributed by atoms with Gasteiger partial charge in [0.15, 0.2) is 0 Å². The van der Waals surface area contributed by atoms with Crippen LogP contribution in [-0.4, -0.2) is 9.13 Å². The van der Waals surface area contributed by atoms with E-state index in [-0.39, 0.29) is 5.62 Å². The van der Waals surface area contributed by atoms with Gasteiger partial charge in [-0.25, -0.2) is 0 Å². The fraction of sp³-hybridized carbons (Fsp3) is 0.296. The molecule has 0 amide bonds. The maximum absolute atomic E-state index is 13.0. The average molecular weight is 506 g/mol. The van der Waals surface area contributed by atoms with E-state index in [0.29, 0.717) is 49.9 Å². The van der Waals surface area contributed by atoms with Gasteiger partial charge >= 0.3 is 12.4 Å². The van der Waals surface area contributed by atoms with Crippen molar-refractivity contribution in [3.8, 4) is 0 Å². The number of hydrogen-bond donors (Lipinski definition) is 1. The fourth-order valence-corrected chi connectivity index (χ4v) is 4.44. The van der Waals surface area contributed by atoms with Gasteiger partial charge in [-0.05, 0) is 61.1 Å². The fourth-order valence-electron chi connectivity index (χ4n) is 4.44. The third-order valence-corrected chi connectivity index (χ3v) is 6.18. The molecule has 1 heterocycles. The molecule has 0 saturated carbocycles. The van der Waals surface area contributed by atoms with Crippen LogP contribution in [0.4, 0.5) is 26.3 Å². The van der Waals surface area contributed by atoms with Gasteiger partial charge in [0.1, 0.15) is 0 Å². The van der Waals surface area contributed by atoms with Crippen molar-refractivity contribution in [1.29, 1.82) is 5.41 Å². The number of halogens is 6. The largest absolute Gasteiger partial charge is 0.416 e. The van der Waals surface area contributed by atoms with E-state index in [2.05, 4.69) is 0 Å². The monoisotopic (exact) mass is 505 g/mol. The molecule has 0 atom stereocenters. The molecular formula is C27H25F6N3. The molecule has 4 aromatic rings. The lowest BCUT2D eigenvalue weighted by molar-refractivity contribution is -0.138. The number of para-hydroxylation sites is 2. The summed E-state index contributed by atoms with van der Waals surface area (Å²) in [6, 6.07) is 18.0. The van der Waals surface area contributed by atoms with Crippen molar-refractivity contribution >= 4 is 11.0 Å². The Morgan fingerprint density at radius 1 is 0.583 bits per heavy atom. The van der Waals surface area contributed by atoms with Crippen LogP contribution in [0.1, 0.15) is 35.1 Å². The first-order valence-corrected chi connectivity index (χ1v) is 11.6. The first kappa shape index (κ1) is 25.6. The third-order valence-electron chi connectivity index (χ3n) is 6.18. The van der Waals surface area contributed by atoms with Crippen molar-refractivity contribution in [3.05, 3.63) is 101 Å². The SMILES string of the molecule is N=c1n(CCCc2cccc(C(F)(F)F)c2)c2ccccc2n1CCCc1cccc(C(F)(F)F)c1. The standard InChI is InChI=1S/C27H25F6N3/c28-26(29,30)21-11-3-7-19(17-21)9-5-15-35-23-13-1-2-14-24(23)36(25(35)34)16-6-10-20-8-4-12-22(18-20)27(31,32)33/h1-4,7-8,11-14,17-18,34H,5-6,9-10,15-16H2. The quantitative estimate of drug-likeness (QED) is 0.245. The Bertz CT molecular complexity index is 1290. The van der Waals surface area contributed by atoms with Crippen molar-refractivity contribution in [2.24, 2.45) is 0 Å². The Kier molecular flexibility index (Phi) is 7.28. The molecule has 0 bridgehead atoms. The van der Waals surface area contributed by atoms with Gasteiger partial charge in [0, 0.05) is 13.1 Å². The molecule has 0 spiro atoms. The lowest BCUT2D eigenvalue weighted by Crippen LogP contribution is -2.25. The summed E-state index contributed by atoms with van der Waals surface area (Å²) in [6.07, 6.45) is -6.80. The average Bonchev–Trinajstić information content (AvgIpc) is 3.09. The highest BCUT2D eigenvalue weighted by Crippen LogP contribution is 2.30. The molecule has 0 unspecified atom stereocenters. The minimum atomic E-state index is -4.39. The highest BCUT2D eigenvalue weighted by Gasteiger charge is 2.31. The van der Waals surface area contributed by atoms with E-state index >= 15 is 0 Å². The minimum absolute atomic E-state index is 0.254. The number of nitrogens with zero attached hydrogens (tertiary/aromatic N) is 2. The second-order valence-electron chi connectivity index (χ2n) is 8.72. The number of aryl methyl sites for hydroxylation is 4. The summed E-state index contributed by atoms with van der Waals surface area (Å²) in [5, 5.41) is 8.70. The molecular weight excluding hydrogens is 480 g/mol. The van der Waals surface area contributed by atoms with Gasteiger partial charge in [0.05, 0.1) is 22.2 Å². The molecule has 4 rings (SSSR count). The summed E-state index contributed by atoms with van der Waals surface area (Å²) in [5.41, 5.74) is 1.75. The van der Waals surface area contributed by atoms with Gasteiger partial charge in [0.2, 0.25) is 5.62 Å². The van der Waals surface area contributed by atoms with Crippen LogP contribution in [0.5, 0.6) is 0 Å². The van der Waals surface area contributed by atoms with E-state index in [1.54, 1.807) is 12.1 Å². The smallest absolute Gasteiger partial charge is 0.310 e. The van der Waals surface area contributed by atoms with Crippen molar-refractivity contribution < 1.29 is 26.3 Å². The number of benzene rings is 3. The molecule has 190 valence electrons. The topological polar surface area (TPSA) is 33.7 Å². The van der Waals surface area contributed by atoms with Gasteiger partial charge in [-0.2, -0.15) is 26.3 Å². The number of rotatable bonds is 8. The van der Waals surface area contributed by atoms with Gasteiger partial charge in [-0.3, -0.25) is 5.41 Å². The number of fused-ring (bicyclic) bond motifs is 1. The number of aromatic nitrogens is 2. The predicted molar refractivity (Wildman–Crippen MR) is 125 cm³/mol. The Labute approximate surface area is 204 Å². The molecule has 0 aliphatic rings. The van der Waals surface area contributed by atoms with E-state index < -0.39 is 23.5 Å². The predicted octanol–water partition coefficient (Wildman–Crippen LogP) is 7.23. The van der Waals surface area contributed by atoms with Crippen LogP contribution in [0.25, 0.3) is 11.0 Å². The summed E-state index contributed by atoms with van der Waals surface area (Å²) < 4.78 is 81.6. The van der Waals surface area contributed by atoms with Crippen molar-refractivity contribution in [1.82, 2.24) is 9.13 Å². The summed E-state index contributed by atoms with van der Waals surface area (Å²) in [7, 11) is 0. The van der Waals surface area contributed by atoms with Gasteiger partial charge in [0.25, 0.3) is 0 Å². The zero-order valence-electron chi connectivity index (χ0n) is 19.3. The van der Waals surface area contributed by atoms with E-state index in [1.165, 1.54) is 12.1 Å². The lowest BCUT2D eigenvalue weighted by Gasteiger charge is -2.10. The van der Waals surface area contributed by atoms with Crippen LogP contribution in [-0.2, 0) is 38.3 Å². The Morgan fingerprint density at radius 3 is 1.39 bits per heavy atom. The Morgan fingerprint density at radius 2 is 1.00 bits per heavy atom. The van der Waals surface area contributed by atoms with Crippen LogP contribution in [0.15, 0.2) is 72.8 Å². The maximum atomic E-state index is 13.0. The van der Waals surface area contributed by atoms with E-state index in [0.717, 1.165) is 35.3 Å². The molecule has 3 nitrogen and oxygen atoms in total. The second kappa shape index (κ2) is 10.2. The molecule has 3 aromatic carbocycles. The third kappa shape index (κ3) is 5.83. The van der Waals surface area contributed by atoms with Gasteiger partial charge < -0.3 is 9.13 Å². The molecule has 0 aliphatic heterocycles. The van der Waals surface area contributed by atoms with Crippen LogP contribution in [0.3, 0.4) is 0 Å². The first-order chi connectivity index (χ1) is 17.0. The van der Waals surface area contributed by atoms with E-state index in [4.69, 9.17) is 5.41 Å². The molecule has 1 aromatic heterocycles. The zero-order chi connectivity index (χ0) is 25.9. The van der Waals surface area contributed by atoms with Crippen LogP contribution < -0.4 is 5.62 Å². The highest BCUT2D eigenvalue weighted by atomic mass is 19.4. The zero-order valence-corrected chi connectivity index (χ0v) is 19.3. The summed E-state index contributed by atoms with van der Waals surface area (Å²) >= 11 is 0. The molecule has 0 saturated heterocycles. The number of hydrogen-bond acceptors (Lipinski definition) is 1. The van der Waals surface area contributed by atoms with Crippen molar-refractivity contribution in [2.75, 3.05) is 0 Å². The van der Waals surface area contributed by atoms with E-state index in [9.17, 15) is 26.3 Å². The first-order valence-electron chi connectivity index (χ1n) is 11.6. The van der Waals surface area contributed by atoms with Gasteiger partial charge in [-0.1, -0.05) is 48.5 Å². The minimum Gasteiger partial charge on any atom is -0.310 e. The number of nitrogens with one attached hydrogen (secondary N) is 1. The Balaban J connectivity index is 1.46. The number of imidazole rings is 1. The van der Waals surface area contributed by atoms with Crippen LogP contribution >= 0.6 is 0 Å². The molecule has 36 heavy (non-hydrogen) atoms. The second-order valence-corrected chi connectivity index (χ2v) is 8.72. The number of alkyl halides is 6. The van der Waals surface area contributed by atoms with Crippen LogP contribution in [0, 0.1) is 5.41 Å². The molecule has 0 radical (unpaired) electrons. The summed E-state index contributed by atoms with van der Waals surface area (Å²) in [6.45, 7) is 0.909. The van der Waals surface area contributed by atoms with Gasteiger partial charge in [-0.15, -0.1) is 0 Å². The summed E-state index contributed by atoms with van der Waals surface area (Å²) in [5.74, 6) is 0. The van der Waals surface area contributed by atoms with Crippen molar-refractivity contribution in [2.45, 2.75) is 51.1 Å². The molecule has 9 heteroatoms. The van der Waals surface area contributed by atoms with Crippen LogP contribution in [0.2, 0.25) is 0 Å². The lowest BCUT2D eigenvalue weighted by atomic mass is 10.1. The summed E-state index contributed by atoms with van der Waals surface area (Å²) in [4.78, 5) is 0. The van der Waals surface area contributed by atoms with E-state index in [1.807, 2.05) is 33.4 Å². The van der Waals surface area contributed by atoms with Crippen molar-refractivity contribution in [3.63, 3.8) is 0 Å².